The van der Waals surface area contributed by atoms with Gasteiger partial charge in [-0.1, -0.05) is 29.3 Å². The van der Waals surface area contributed by atoms with Gasteiger partial charge in [0.25, 0.3) is 5.91 Å². The van der Waals surface area contributed by atoms with Crippen molar-refractivity contribution in [3.05, 3.63) is 62.6 Å². The van der Waals surface area contributed by atoms with Crippen LogP contribution in [0, 0.1) is 13.8 Å². The normalized spacial score (nSPS) is 11.1. The van der Waals surface area contributed by atoms with E-state index in [1.807, 2.05) is 13.8 Å². The van der Waals surface area contributed by atoms with Gasteiger partial charge in [0.2, 0.25) is 0 Å². The van der Waals surface area contributed by atoms with Gasteiger partial charge >= 0.3 is 0 Å². The number of hydrogen-bond donors (Lipinski definition) is 2. The fourth-order valence-electron chi connectivity index (χ4n) is 2.69. The Hall–Kier alpha value is -2.41. The van der Waals surface area contributed by atoms with Gasteiger partial charge in [0.1, 0.15) is 5.82 Å². The zero-order chi connectivity index (χ0) is 19.1. The molecule has 0 aliphatic heterocycles. The predicted octanol–water partition coefficient (Wildman–Crippen LogP) is 5.86. The Morgan fingerprint density at radius 2 is 1.85 bits per heavy atom. The smallest absolute Gasteiger partial charge is 0.257 e. The van der Waals surface area contributed by atoms with E-state index in [0.29, 0.717) is 32.1 Å². The third-order valence-electron chi connectivity index (χ3n) is 4.19. The van der Waals surface area contributed by atoms with Crippen molar-refractivity contribution in [1.29, 1.82) is 0 Å². The lowest BCUT2D eigenvalue weighted by atomic mass is 10.2. The second kappa shape index (κ2) is 6.96. The highest BCUT2D eigenvalue weighted by atomic mass is 35.5. The molecule has 2 heterocycles. The summed E-state index contributed by atoms with van der Waals surface area (Å²) in [7, 11) is 0. The van der Waals surface area contributed by atoms with E-state index >= 15 is 0 Å². The number of aryl methyl sites for hydroxylation is 2. The molecule has 0 aliphatic carbocycles. The molecule has 0 fully saturated rings. The molecule has 4 rings (SSSR count). The van der Waals surface area contributed by atoms with Crippen LogP contribution >= 0.6 is 34.5 Å². The maximum atomic E-state index is 12.5. The Morgan fingerprint density at radius 1 is 1.11 bits per heavy atom. The van der Waals surface area contributed by atoms with Gasteiger partial charge in [-0.25, -0.2) is 9.97 Å². The van der Waals surface area contributed by atoms with E-state index in [0.717, 1.165) is 21.6 Å². The molecule has 5 nitrogen and oxygen atoms in total. The molecule has 0 saturated carbocycles. The molecule has 2 aromatic carbocycles. The summed E-state index contributed by atoms with van der Waals surface area (Å²) in [5, 5.41) is 4.44. The monoisotopic (exact) mass is 416 g/mol. The molecule has 4 aromatic rings. The third kappa shape index (κ3) is 3.43. The number of halogens is 2. The van der Waals surface area contributed by atoms with Gasteiger partial charge in [0.15, 0.2) is 5.13 Å². The van der Waals surface area contributed by atoms with E-state index < -0.39 is 0 Å². The van der Waals surface area contributed by atoms with Gasteiger partial charge in [0.05, 0.1) is 32.3 Å². The van der Waals surface area contributed by atoms with Gasteiger partial charge in [-0.3, -0.25) is 10.1 Å². The van der Waals surface area contributed by atoms with Crippen LogP contribution in [0.5, 0.6) is 0 Å². The molecule has 27 heavy (non-hydrogen) atoms. The summed E-state index contributed by atoms with van der Waals surface area (Å²) in [6.45, 7) is 3.89. The number of H-pyrrole nitrogens is 1. The van der Waals surface area contributed by atoms with E-state index in [2.05, 4.69) is 20.3 Å². The number of imidazole rings is 1. The standard InChI is InChI=1S/C19H14Cl2N4OS/c1-9-10(2)27-19(22-9)25-18(26)11-6-7-14-15(8-11)24-17(23-14)16-12(20)4-3-5-13(16)21/h3-8H,1-2H3,(H,23,24)(H,22,25,26). The quantitative estimate of drug-likeness (QED) is 0.439. The summed E-state index contributed by atoms with van der Waals surface area (Å²) < 4.78 is 0. The molecule has 0 radical (unpaired) electrons. The van der Waals surface area contributed by atoms with Crippen LogP contribution in [0.4, 0.5) is 5.13 Å². The lowest BCUT2D eigenvalue weighted by molar-refractivity contribution is 0.102. The molecule has 0 atom stereocenters. The lowest BCUT2D eigenvalue weighted by Gasteiger charge is -2.02. The van der Waals surface area contributed by atoms with Crippen LogP contribution in [0.3, 0.4) is 0 Å². The van der Waals surface area contributed by atoms with E-state index in [1.165, 1.54) is 11.3 Å². The first-order valence-electron chi connectivity index (χ1n) is 8.12. The van der Waals surface area contributed by atoms with Crippen molar-refractivity contribution in [2.24, 2.45) is 0 Å². The number of nitrogens with zero attached hydrogens (tertiary/aromatic N) is 2. The first kappa shape index (κ1) is 18.0. The number of aromatic amines is 1. The fraction of sp³-hybridized carbons (Fsp3) is 0.105. The maximum Gasteiger partial charge on any atom is 0.257 e. The molecule has 0 unspecified atom stereocenters. The van der Waals surface area contributed by atoms with Crippen LogP contribution in [0.1, 0.15) is 20.9 Å². The van der Waals surface area contributed by atoms with Crippen LogP contribution in [-0.4, -0.2) is 20.9 Å². The number of anilines is 1. The zero-order valence-corrected chi connectivity index (χ0v) is 16.8. The Kier molecular flexibility index (Phi) is 4.63. The largest absolute Gasteiger partial charge is 0.338 e. The summed E-state index contributed by atoms with van der Waals surface area (Å²) in [6, 6.07) is 10.6. The second-order valence-corrected chi connectivity index (χ2v) is 8.05. The summed E-state index contributed by atoms with van der Waals surface area (Å²) in [6.07, 6.45) is 0. The summed E-state index contributed by atoms with van der Waals surface area (Å²) >= 11 is 14.0. The van der Waals surface area contributed by atoms with Gasteiger partial charge in [-0.15, -0.1) is 11.3 Å². The van der Waals surface area contributed by atoms with Gasteiger partial charge in [-0.05, 0) is 44.2 Å². The Labute approximate surface area is 169 Å². The van der Waals surface area contributed by atoms with Crippen molar-refractivity contribution in [1.82, 2.24) is 15.0 Å². The number of fused-ring (bicyclic) bond motifs is 1. The first-order valence-corrected chi connectivity index (χ1v) is 9.69. The Bertz CT molecular complexity index is 1140. The van der Waals surface area contributed by atoms with Gasteiger partial charge in [0, 0.05) is 10.4 Å². The average Bonchev–Trinajstić information content (AvgIpc) is 3.17. The molecular formula is C19H14Cl2N4OS. The Morgan fingerprint density at radius 3 is 2.52 bits per heavy atom. The molecule has 2 N–H and O–H groups in total. The minimum atomic E-state index is -0.224. The molecule has 8 heteroatoms. The van der Waals surface area contributed by atoms with Crippen molar-refractivity contribution in [2.45, 2.75) is 13.8 Å². The van der Waals surface area contributed by atoms with Crippen LogP contribution in [-0.2, 0) is 0 Å². The van der Waals surface area contributed by atoms with Crippen molar-refractivity contribution < 1.29 is 4.79 Å². The third-order valence-corrected chi connectivity index (χ3v) is 5.81. The number of benzene rings is 2. The lowest BCUT2D eigenvalue weighted by Crippen LogP contribution is -2.11. The first-order chi connectivity index (χ1) is 12.9. The molecule has 136 valence electrons. The van der Waals surface area contributed by atoms with E-state index in [1.54, 1.807) is 36.4 Å². The molecule has 2 aromatic heterocycles. The zero-order valence-electron chi connectivity index (χ0n) is 14.4. The minimum absolute atomic E-state index is 0.224. The number of aromatic nitrogens is 3. The predicted molar refractivity (Wildman–Crippen MR) is 111 cm³/mol. The van der Waals surface area contributed by atoms with Crippen molar-refractivity contribution in [2.75, 3.05) is 5.32 Å². The highest BCUT2D eigenvalue weighted by Gasteiger charge is 2.15. The summed E-state index contributed by atoms with van der Waals surface area (Å²) in [5.41, 5.74) is 3.50. The average molecular weight is 417 g/mol. The van der Waals surface area contributed by atoms with E-state index in [-0.39, 0.29) is 5.91 Å². The van der Waals surface area contributed by atoms with Crippen molar-refractivity contribution in [3.8, 4) is 11.4 Å². The van der Waals surface area contributed by atoms with Crippen LogP contribution < -0.4 is 5.32 Å². The van der Waals surface area contributed by atoms with Crippen LogP contribution in [0.15, 0.2) is 36.4 Å². The van der Waals surface area contributed by atoms with Gasteiger partial charge < -0.3 is 4.98 Å². The van der Waals surface area contributed by atoms with E-state index in [9.17, 15) is 4.79 Å². The molecule has 0 aliphatic rings. The highest BCUT2D eigenvalue weighted by molar-refractivity contribution is 7.15. The fourth-order valence-corrected chi connectivity index (χ4v) is 4.07. The molecular weight excluding hydrogens is 403 g/mol. The van der Waals surface area contributed by atoms with E-state index in [4.69, 9.17) is 23.2 Å². The molecule has 1 amide bonds. The number of nitrogens with one attached hydrogen (secondary N) is 2. The number of carbonyl (C=O) groups is 1. The number of amides is 1. The maximum absolute atomic E-state index is 12.5. The van der Waals surface area contributed by atoms with Crippen LogP contribution in [0.25, 0.3) is 22.4 Å². The number of thiazole rings is 1. The summed E-state index contributed by atoms with van der Waals surface area (Å²) in [5.74, 6) is 0.335. The SMILES string of the molecule is Cc1nc(NC(=O)c2ccc3nc(-c4c(Cl)cccc4Cl)[nH]c3c2)sc1C. The highest BCUT2D eigenvalue weighted by Crippen LogP contribution is 2.34. The second-order valence-electron chi connectivity index (χ2n) is 6.03. The Balaban J connectivity index is 1.67. The topological polar surface area (TPSA) is 70.7 Å². The van der Waals surface area contributed by atoms with Crippen LogP contribution in [0.2, 0.25) is 10.0 Å². The van der Waals surface area contributed by atoms with Gasteiger partial charge in [-0.2, -0.15) is 0 Å². The molecule has 0 bridgehead atoms. The van der Waals surface area contributed by atoms with Crippen molar-refractivity contribution >= 4 is 56.6 Å². The number of hydrogen-bond acceptors (Lipinski definition) is 4. The molecule has 0 saturated heterocycles. The number of carbonyl (C=O) groups excluding carboxylic acids is 1. The number of rotatable bonds is 3. The van der Waals surface area contributed by atoms with Crippen molar-refractivity contribution in [3.63, 3.8) is 0 Å². The summed E-state index contributed by atoms with van der Waals surface area (Å²) in [4.78, 5) is 25.7. The minimum Gasteiger partial charge on any atom is -0.338 e. The molecule has 0 spiro atoms.